The Kier molecular flexibility index (Phi) is 5.08. The van der Waals surface area contributed by atoms with Crippen LogP contribution in [0.3, 0.4) is 0 Å². The van der Waals surface area contributed by atoms with Gasteiger partial charge in [-0.1, -0.05) is 18.2 Å². The zero-order chi connectivity index (χ0) is 18.0. The van der Waals surface area contributed by atoms with Crippen LogP contribution < -0.4 is 5.32 Å². The van der Waals surface area contributed by atoms with E-state index in [1.54, 1.807) is 7.05 Å². The summed E-state index contributed by atoms with van der Waals surface area (Å²) in [7, 11) is 3.56. The highest BCUT2D eigenvalue weighted by molar-refractivity contribution is 5.84. The fraction of sp³-hybridized carbons (Fsp3) is 0.474. The van der Waals surface area contributed by atoms with Crippen LogP contribution in [0.15, 0.2) is 30.3 Å². The molecular formula is C19H26N4O2. The molecule has 0 aliphatic carbocycles. The standard InChI is InChI=1S/C19H26N4O2/c1-14-12-15-6-4-5-7-16(15)23(14)9-8-18(24)22-11-10-21(3)17(13-22)19(25)20-2/h4-7,12,17H,8-11,13H2,1-3H3,(H,20,25)/t17-/m1/s1. The zero-order valence-electron chi connectivity index (χ0n) is 15.2. The van der Waals surface area contributed by atoms with Gasteiger partial charge < -0.3 is 14.8 Å². The van der Waals surface area contributed by atoms with E-state index in [2.05, 4.69) is 35.0 Å². The van der Waals surface area contributed by atoms with Crippen LogP contribution in [0.5, 0.6) is 0 Å². The van der Waals surface area contributed by atoms with Gasteiger partial charge in [0, 0.05) is 50.9 Å². The number of benzene rings is 1. The van der Waals surface area contributed by atoms with Crippen molar-refractivity contribution < 1.29 is 9.59 Å². The Morgan fingerprint density at radius 2 is 2.00 bits per heavy atom. The van der Waals surface area contributed by atoms with E-state index >= 15 is 0 Å². The van der Waals surface area contributed by atoms with Crippen molar-refractivity contribution in [1.82, 2.24) is 19.7 Å². The fourth-order valence-corrected chi connectivity index (χ4v) is 3.56. The molecule has 1 aromatic heterocycles. The number of carbonyl (C=O) groups excluding carboxylic acids is 2. The van der Waals surface area contributed by atoms with Crippen LogP contribution in [0.1, 0.15) is 12.1 Å². The topological polar surface area (TPSA) is 57.6 Å². The number of para-hydroxylation sites is 1. The Hall–Kier alpha value is -2.34. The van der Waals surface area contributed by atoms with Gasteiger partial charge in [-0.25, -0.2) is 0 Å². The lowest BCUT2D eigenvalue weighted by Crippen LogP contribution is -2.58. The Bertz CT molecular complexity index is 783. The van der Waals surface area contributed by atoms with E-state index in [9.17, 15) is 9.59 Å². The highest BCUT2D eigenvalue weighted by atomic mass is 16.2. The second kappa shape index (κ2) is 7.27. The molecule has 1 aliphatic rings. The minimum Gasteiger partial charge on any atom is -0.358 e. The highest BCUT2D eigenvalue weighted by Gasteiger charge is 2.31. The van der Waals surface area contributed by atoms with Gasteiger partial charge in [0.1, 0.15) is 6.04 Å². The Balaban J connectivity index is 1.66. The van der Waals surface area contributed by atoms with Crippen LogP contribution in [-0.2, 0) is 16.1 Å². The molecule has 1 saturated heterocycles. The summed E-state index contributed by atoms with van der Waals surface area (Å²) < 4.78 is 2.19. The van der Waals surface area contributed by atoms with Crippen LogP contribution >= 0.6 is 0 Å². The molecule has 1 N–H and O–H groups in total. The summed E-state index contributed by atoms with van der Waals surface area (Å²) in [6, 6.07) is 10.1. The van der Waals surface area contributed by atoms with Crippen molar-refractivity contribution in [3.8, 4) is 0 Å². The van der Waals surface area contributed by atoms with Gasteiger partial charge in [0.05, 0.1) is 0 Å². The number of piperazine rings is 1. The van der Waals surface area contributed by atoms with E-state index in [0.29, 0.717) is 26.1 Å². The first kappa shape index (κ1) is 17.5. The summed E-state index contributed by atoms with van der Waals surface area (Å²) >= 11 is 0. The molecule has 2 amide bonds. The van der Waals surface area contributed by atoms with Gasteiger partial charge in [0.15, 0.2) is 0 Å². The molecule has 0 bridgehead atoms. The molecule has 25 heavy (non-hydrogen) atoms. The lowest BCUT2D eigenvalue weighted by atomic mass is 10.1. The molecule has 1 aliphatic heterocycles. The first-order chi connectivity index (χ1) is 12.0. The number of nitrogens with one attached hydrogen (secondary N) is 1. The average Bonchev–Trinajstić information content (AvgIpc) is 2.94. The number of fused-ring (bicyclic) bond motifs is 1. The molecule has 1 atom stereocenters. The van der Waals surface area contributed by atoms with Crippen molar-refractivity contribution in [2.24, 2.45) is 0 Å². The van der Waals surface area contributed by atoms with Crippen molar-refractivity contribution in [2.45, 2.75) is 25.9 Å². The van der Waals surface area contributed by atoms with E-state index in [1.807, 2.05) is 29.0 Å². The zero-order valence-corrected chi connectivity index (χ0v) is 15.2. The van der Waals surface area contributed by atoms with Crippen molar-refractivity contribution >= 4 is 22.7 Å². The average molecular weight is 342 g/mol. The van der Waals surface area contributed by atoms with Crippen molar-refractivity contribution in [3.05, 3.63) is 36.0 Å². The summed E-state index contributed by atoms with van der Waals surface area (Å²) in [6.07, 6.45) is 0.448. The normalized spacial score (nSPS) is 18.5. The van der Waals surface area contributed by atoms with E-state index in [1.165, 1.54) is 5.39 Å². The molecule has 2 aromatic rings. The summed E-state index contributed by atoms with van der Waals surface area (Å²) in [5.74, 6) is 0.0754. The molecule has 3 rings (SSSR count). The molecule has 0 spiro atoms. The van der Waals surface area contributed by atoms with Crippen LogP contribution in [0, 0.1) is 6.92 Å². The largest absolute Gasteiger partial charge is 0.358 e. The number of nitrogens with zero attached hydrogens (tertiary/aromatic N) is 3. The predicted octanol–water partition coefficient (Wildman–Crippen LogP) is 1.23. The molecule has 0 radical (unpaired) electrons. The second-order valence-corrected chi connectivity index (χ2v) is 6.70. The third-order valence-electron chi connectivity index (χ3n) is 5.12. The van der Waals surface area contributed by atoms with E-state index in [4.69, 9.17) is 0 Å². The van der Waals surface area contributed by atoms with Gasteiger partial charge >= 0.3 is 0 Å². The number of hydrogen-bond donors (Lipinski definition) is 1. The number of carbonyl (C=O) groups is 2. The van der Waals surface area contributed by atoms with Gasteiger partial charge in [-0.3, -0.25) is 14.5 Å². The maximum atomic E-state index is 12.7. The summed E-state index contributed by atoms with van der Waals surface area (Å²) in [5.41, 5.74) is 2.32. The summed E-state index contributed by atoms with van der Waals surface area (Å²) in [4.78, 5) is 28.5. The maximum Gasteiger partial charge on any atom is 0.238 e. The number of rotatable bonds is 4. The second-order valence-electron chi connectivity index (χ2n) is 6.70. The van der Waals surface area contributed by atoms with Crippen LogP contribution in [0.2, 0.25) is 0 Å². The van der Waals surface area contributed by atoms with Crippen LogP contribution in [0.4, 0.5) is 0 Å². The van der Waals surface area contributed by atoms with E-state index in [-0.39, 0.29) is 17.9 Å². The highest BCUT2D eigenvalue weighted by Crippen LogP contribution is 2.20. The number of amides is 2. The molecule has 6 heteroatoms. The van der Waals surface area contributed by atoms with Crippen molar-refractivity contribution in [3.63, 3.8) is 0 Å². The van der Waals surface area contributed by atoms with Gasteiger partial charge in [-0.05, 0) is 31.5 Å². The Morgan fingerprint density at radius 1 is 1.24 bits per heavy atom. The van der Waals surface area contributed by atoms with Gasteiger partial charge in [-0.2, -0.15) is 0 Å². The molecule has 0 unspecified atom stereocenters. The molecular weight excluding hydrogens is 316 g/mol. The molecule has 6 nitrogen and oxygen atoms in total. The Morgan fingerprint density at radius 3 is 2.76 bits per heavy atom. The van der Waals surface area contributed by atoms with Crippen LogP contribution in [0.25, 0.3) is 10.9 Å². The third kappa shape index (κ3) is 3.54. The van der Waals surface area contributed by atoms with Crippen LogP contribution in [-0.4, -0.2) is 66.0 Å². The van der Waals surface area contributed by atoms with E-state index in [0.717, 1.165) is 17.8 Å². The SMILES string of the molecule is CNC(=O)[C@H]1CN(C(=O)CCn2c(C)cc3ccccc32)CCN1C. The first-order valence-corrected chi connectivity index (χ1v) is 8.75. The smallest absolute Gasteiger partial charge is 0.238 e. The molecule has 134 valence electrons. The van der Waals surface area contributed by atoms with E-state index < -0.39 is 0 Å². The van der Waals surface area contributed by atoms with Crippen molar-refractivity contribution in [1.29, 1.82) is 0 Å². The molecule has 2 heterocycles. The first-order valence-electron chi connectivity index (χ1n) is 8.75. The van der Waals surface area contributed by atoms with Gasteiger partial charge in [0.2, 0.25) is 11.8 Å². The molecule has 0 saturated carbocycles. The lowest BCUT2D eigenvalue weighted by Gasteiger charge is -2.38. The predicted molar refractivity (Wildman–Crippen MR) is 98.4 cm³/mol. The Labute approximate surface area is 148 Å². The third-order valence-corrected chi connectivity index (χ3v) is 5.12. The maximum absolute atomic E-state index is 12.7. The number of aromatic nitrogens is 1. The van der Waals surface area contributed by atoms with Gasteiger partial charge in [0.25, 0.3) is 0 Å². The lowest BCUT2D eigenvalue weighted by molar-refractivity contribution is -0.137. The van der Waals surface area contributed by atoms with Crippen molar-refractivity contribution in [2.75, 3.05) is 33.7 Å². The van der Waals surface area contributed by atoms with Gasteiger partial charge in [-0.15, -0.1) is 0 Å². The molecule has 1 fully saturated rings. The number of likely N-dealkylation sites (N-methyl/N-ethyl adjacent to an activating group) is 2. The quantitative estimate of drug-likeness (QED) is 0.909. The molecule has 1 aromatic carbocycles. The minimum atomic E-state index is -0.267. The monoisotopic (exact) mass is 342 g/mol. The summed E-state index contributed by atoms with van der Waals surface area (Å²) in [6.45, 7) is 4.58. The fourth-order valence-electron chi connectivity index (χ4n) is 3.56. The number of hydrogen-bond acceptors (Lipinski definition) is 3. The summed E-state index contributed by atoms with van der Waals surface area (Å²) in [5, 5.41) is 3.88. The number of aryl methyl sites for hydroxylation is 2. The minimum absolute atomic E-state index is 0.0350.